The molecule has 0 atom stereocenters. The molecule has 6 nitrogen and oxygen atoms in total. The summed E-state index contributed by atoms with van der Waals surface area (Å²) in [4.78, 5) is 14.5. The number of aryl methyl sites for hydroxylation is 2. The lowest BCUT2D eigenvalue weighted by molar-refractivity contribution is -0.131. The Labute approximate surface area is 173 Å². The summed E-state index contributed by atoms with van der Waals surface area (Å²) in [7, 11) is -3.65. The van der Waals surface area contributed by atoms with E-state index in [0.29, 0.717) is 18.7 Å². The summed E-state index contributed by atoms with van der Waals surface area (Å²) in [5, 5.41) is 8.89. The molecule has 0 saturated carbocycles. The van der Waals surface area contributed by atoms with Crippen LogP contribution < -0.4 is 4.72 Å². The molecule has 7 heteroatoms. The second-order valence-corrected chi connectivity index (χ2v) is 8.78. The quantitative estimate of drug-likeness (QED) is 0.683. The van der Waals surface area contributed by atoms with Crippen LogP contribution in [0.5, 0.6) is 0 Å². The monoisotopic (exact) mass is 413 g/mol. The number of nitriles is 1. The van der Waals surface area contributed by atoms with Crippen LogP contribution in [0, 0.1) is 25.2 Å². The third-order valence-electron chi connectivity index (χ3n) is 4.72. The van der Waals surface area contributed by atoms with Crippen LogP contribution >= 0.6 is 0 Å². The molecule has 0 aliphatic heterocycles. The molecule has 2 aromatic carbocycles. The van der Waals surface area contributed by atoms with Crippen molar-refractivity contribution < 1.29 is 13.2 Å². The Morgan fingerprint density at radius 3 is 2.38 bits per heavy atom. The SMILES string of the molecule is CCCN(Cc1ccc(C#N)cc1)C(=O)CCNS(=O)(=O)c1ccc(C)c(C)c1. The van der Waals surface area contributed by atoms with Gasteiger partial charge in [0.05, 0.1) is 16.5 Å². The molecule has 0 aromatic heterocycles. The highest BCUT2D eigenvalue weighted by Crippen LogP contribution is 2.15. The molecule has 29 heavy (non-hydrogen) atoms. The molecular weight excluding hydrogens is 386 g/mol. The highest BCUT2D eigenvalue weighted by atomic mass is 32.2. The lowest BCUT2D eigenvalue weighted by atomic mass is 10.1. The number of carbonyl (C=O) groups excluding carboxylic acids is 1. The maximum absolute atomic E-state index is 12.6. The van der Waals surface area contributed by atoms with Crippen LogP contribution in [-0.2, 0) is 21.4 Å². The summed E-state index contributed by atoms with van der Waals surface area (Å²) in [6, 6.07) is 14.2. The standard InChI is InChI=1S/C22H27N3O3S/c1-4-13-25(16-20-8-6-19(15-23)7-9-20)22(26)11-12-24-29(27,28)21-10-5-17(2)18(3)14-21/h5-10,14,24H,4,11-13,16H2,1-3H3. The maximum atomic E-state index is 12.6. The molecule has 0 heterocycles. The predicted molar refractivity (Wildman–Crippen MR) is 113 cm³/mol. The van der Waals surface area contributed by atoms with Gasteiger partial charge < -0.3 is 4.90 Å². The van der Waals surface area contributed by atoms with Crippen molar-refractivity contribution in [3.63, 3.8) is 0 Å². The average Bonchev–Trinajstić information content (AvgIpc) is 2.70. The predicted octanol–water partition coefficient (Wildman–Crippen LogP) is 3.28. The first kappa shape index (κ1) is 22.6. The smallest absolute Gasteiger partial charge is 0.240 e. The van der Waals surface area contributed by atoms with Crippen LogP contribution in [-0.4, -0.2) is 32.3 Å². The van der Waals surface area contributed by atoms with Crippen LogP contribution in [0.25, 0.3) is 0 Å². The number of benzene rings is 2. The summed E-state index contributed by atoms with van der Waals surface area (Å²) in [5.74, 6) is -0.112. The first-order chi connectivity index (χ1) is 13.8. The molecule has 0 aliphatic carbocycles. The van der Waals surface area contributed by atoms with Gasteiger partial charge in [-0.25, -0.2) is 13.1 Å². The molecule has 0 saturated heterocycles. The Kier molecular flexibility index (Phi) is 7.94. The van der Waals surface area contributed by atoms with Crippen molar-refractivity contribution in [1.29, 1.82) is 5.26 Å². The number of sulfonamides is 1. The van der Waals surface area contributed by atoms with E-state index in [2.05, 4.69) is 10.8 Å². The third kappa shape index (κ3) is 6.41. The summed E-state index contributed by atoms with van der Waals surface area (Å²) < 4.78 is 27.4. The first-order valence-corrected chi connectivity index (χ1v) is 11.1. The van der Waals surface area contributed by atoms with Crippen LogP contribution in [0.3, 0.4) is 0 Å². The van der Waals surface area contributed by atoms with E-state index in [4.69, 9.17) is 5.26 Å². The first-order valence-electron chi connectivity index (χ1n) is 9.60. The molecular formula is C22H27N3O3S. The highest BCUT2D eigenvalue weighted by Gasteiger charge is 2.17. The number of hydrogen-bond donors (Lipinski definition) is 1. The zero-order valence-electron chi connectivity index (χ0n) is 17.1. The lowest BCUT2D eigenvalue weighted by Gasteiger charge is -2.22. The number of nitrogens with zero attached hydrogens (tertiary/aromatic N) is 2. The van der Waals surface area contributed by atoms with Crippen molar-refractivity contribution in [2.75, 3.05) is 13.1 Å². The minimum atomic E-state index is -3.65. The molecule has 2 aromatic rings. The molecule has 154 valence electrons. The fourth-order valence-electron chi connectivity index (χ4n) is 2.88. The normalized spacial score (nSPS) is 11.1. The van der Waals surface area contributed by atoms with Gasteiger partial charge in [0.1, 0.15) is 0 Å². The van der Waals surface area contributed by atoms with E-state index in [0.717, 1.165) is 23.1 Å². The molecule has 2 rings (SSSR count). The summed E-state index contributed by atoms with van der Waals surface area (Å²) in [6.45, 7) is 6.84. The Balaban J connectivity index is 1.96. The second-order valence-electron chi connectivity index (χ2n) is 7.02. The Hall–Kier alpha value is -2.69. The van der Waals surface area contributed by atoms with E-state index in [1.165, 1.54) is 0 Å². The molecule has 0 bridgehead atoms. The molecule has 0 spiro atoms. The van der Waals surface area contributed by atoms with Gasteiger partial charge in [-0.05, 0) is 61.2 Å². The zero-order valence-corrected chi connectivity index (χ0v) is 17.9. The van der Waals surface area contributed by atoms with Crippen molar-refractivity contribution >= 4 is 15.9 Å². The Bertz CT molecular complexity index is 993. The van der Waals surface area contributed by atoms with E-state index in [1.54, 1.807) is 35.2 Å². The van der Waals surface area contributed by atoms with Crippen molar-refractivity contribution in [3.8, 4) is 6.07 Å². The van der Waals surface area contributed by atoms with Crippen LogP contribution in [0.2, 0.25) is 0 Å². The third-order valence-corrected chi connectivity index (χ3v) is 6.18. The van der Waals surface area contributed by atoms with Gasteiger partial charge in [0, 0.05) is 26.1 Å². The van der Waals surface area contributed by atoms with Crippen LogP contribution in [0.4, 0.5) is 0 Å². The van der Waals surface area contributed by atoms with Crippen molar-refractivity contribution in [1.82, 2.24) is 9.62 Å². The Morgan fingerprint density at radius 1 is 1.10 bits per heavy atom. The van der Waals surface area contributed by atoms with Crippen LogP contribution in [0.1, 0.15) is 42.0 Å². The molecule has 0 radical (unpaired) electrons. The van der Waals surface area contributed by atoms with Gasteiger partial charge in [-0.1, -0.05) is 25.1 Å². The van der Waals surface area contributed by atoms with Gasteiger partial charge in [0.25, 0.3) is 0 Å². The zero-order chi connectivity index (χ0) is 21.4. The van der Waals surface area contributed by atoms with E-state index in [1.807, 2.05) is 32.9 Å². The van der Waals surface area contributed by atoms with Gasteiger partial charge in [-0.2, -0.15) is 5.26 Å². The highest BCUT2D eigenvalue weighted by molar-refractivity contribution is 7.89. The van der Waals surface area contributed by atoms with Gasteiger partial charge >= 0.3 is 0 Å². The Morgan fingerprint density at radius 2 is 1.79 bits per heavy atom. The van der Waals surface area contributed by atoms with Gasteiger partial charge in [-0.3, -0.25) is 4.79 Å². The number of carbonyl (C=O) groups is 1. The maximum Gasteiger partial charge on any atom is 0.240 e. The van der Waals surface area contributed by atoms with Gasteiger partial charge in [0.2, 0.25) is 15.9 Å². The fourth-order valence-corrected chi connectivity index (χ4v) is 4.00. The number of nitrogens with one attached hydrogen (secondary N) is 1. The molecule has 0 fully saturated rings. The number of rotatable bonds is 9. The number of amides is 1. The minimum absolute atomic E-state index is 0.0433. The van der Waals surface area contributed by atoms with Crippen molar-refractivity contribution in [3.05, 3.63) is 64.7 Å². The van der Waals surface area contributed by atoms with Crippen LogP contribution in [0.15, 0.2) is 47.4 Å². The van der Waals surface area contributed by atoms with E-state index < -0.39 is 10.0 Å². The topological polar surface area (TPSA) is 90.3 Å². The summed E-state index contributed by atoms with van der Waals surface area (Å²) >= 11 is 0. The second kappa shape index (κ2) is 10.2. The summed E-state index contributed by atoms with van der Waals surface area (Å²) in [6.07, 6.45) is 0.886. The van der Waals surface area contributed by atoms with Gasteiger partial charge in [-0.15, -0.1) is 0 Å². The number of hydrogen-bond acceptors (Lipinski definition) is 4. The van der Waals surface area contributed by atoms with Crippen molar-refractivity contribution in [2.24, 2.45) is 0 Å². The van der Waals surface area contributed by atoms with E-state index in [-0.39, 0.29) is 23.8 Å². The van der Waals surface area contributed by atoms with E-state index in [9.17, 15) is 13.2 Å². The lowest BCUT2D eigenvalue weighted by Crippen LogP contribution is -2.34. The molecule has 0 unspecified atom stereocenters. The van der Waals surface area contributed by atoms with Crippen molar-refractivity contribution in [2.45, 2.75) is 45.1 Å². The molecule has 1 amide bonds. The minimum Gasteiger partial charge on any atom is -0.338 e. The largest absolute Gasteiger partial charge is 0.338 e. The molecule has 1 N–H and O–H groups in total. The van der Waals surface area contributed by atoms with Gasteiger partial charge in [0.15, 0.2) is 0 Å². The van der Waals surface area contributed by atoms with E-state index >= 15 is 0 Å². The summed E-state index contributed by atoms with van der Waals surface area (Å²) in [5.41, 5.74) is 3.43. The fraction of sp³-hybridized carbons (Fsp3) is 0.364. The average molecular weight is 414 g/mol. The molecule has 0 aliphatic rings.